The van der Waals surface area contributed by atoms with Gasteiger partial charge in [-0.25, -0.2) is 27.0 Å². The Kier molecular flexibility index (Phi) is 5.80. The fourth-order valence-electron chi connectivity index (χ4n) is 4.26. The van der Waals surface area contributed by atoms with Crippen molar-refractivity contribution in [3.8, 4) is 0 Å². The lowest BCUT2D eigenvalue weighted by Crippen LogP contribution is -2.58. The molecule has 2 aromatic rings. The number of rotatable bonds is 5. The first-order valence-corrected chi connectivity index (χ1v) is 13.3. The van der Waals surface area contributed by atoms with E-state index in [1.165, 1.54) is 30.3 Å². The van der Waals surface area contributed by atoms with Crippen molar-refractivity contribution in [1.82, 2.24) is 0 Å². The van der Waals surface area contributed by atoms with E-state index in [1.807, 2.05) is 0 Å². The lowest BCUT2D eigenvalue weighted by atomic mass is 9.87. The van der Waals surface area contributed by atoms with Gasteiger partial charge in [0.15, 0.2) is 0 Å². The largest absolute Gasteiger partial charge is 0.369 e. The average Bonchev–Trinajstić information content (AvgIpc) is 2.73. The maximum atomic E-state index is 13.4. The van der Waals surface area contributed by atoms with Crippen LogP contribution in [0.5, 0.6) is 0 Å². The smallest absolute Gasteiger partial charge is 0.263 e. The minimum Gasteiger partial charge on any atom is -0.369 e. The van der Waals surface area contributed by atoms with Gasteiger partial charge in [0.2, 0.25) is 21.9 Å². The summed E-state index contributed by atoms with van der Waals surface area (Å²) in [6.45, 7) is 0. The SMILES string of the molecule is NC1=NC2(CCCCC2)N(c2ccccc2S(=O)(=O)Nc2ccc(S(N)(=O)=O)cc2)C(N)=N1. The van der Waals surface area contributed by atoms with Gasteiger partial charge >= 0.3 is 0 Å². The predicted molar refractivity (Wildman–Crippen MR) is 127 cm³/mol. The van der Waals surface area contributed by atoms with Crippen LogP contribution in [0.2, 0.25) is 0 Å². The van der Waals surface area contributed by atoms with Crippen LogP contribution in [0.1, 0.15) is 32.1 Å². The van der Waals surface area contributed by atoms with Gasteiger partial charge in [0.25, 0.3) is 10.0 Å². The van der Waals surface area contributed by atoms with Crippen molar-refractivity contribution in [1.29, 1.82) is 0 Å². The maximum Gasteiger partial charge on any atom is 0.263 e. The maximum absolute atomic E-state index is 13.4. The number of guanidine groups is 2. The lowest BCUT2D eigenvalue weighted by Gasteiger charge is -2.46. The van der Waals surface area contributed by atoms with E-state index < -0.39 is 25.7 Å². The third kappa shape index (κ3) is 4.51. The Balaban J connectivity index is 1.74. The predicted octanol–water partition coefficient (Wildman–Crippen LogP) is 1.24. The third-order valence-electron chi connectivity index (χ3n) is 5.68. The van der Waals surface area contributed by atoms with Crippen molar-refractivity contribution in [3.63, 3.8) is 0 Å². The molecule has 1 aliphatic heterocycles. The van der Waals surface area contributed by atoms with E-state index in [4.69, 9.17) is 16.6 Å². The van der Waals surface area contributed by atoms with Crippen LogP contribution in [0.25, 0.3) is 0 Å². The van der Waals surface area contributed by atoms with Crippen LogP contribution in [0.3, 0.4) is 0 Å². The second-order valence-corrected chi connectivity index (χ2v) is 11.2. The zero-order valence-electron chi connectivity index (χ0n) is 17.7. The number of benzene rings is 2. The quantitative estimate of drug-likeness (QED) is 0.484. The van der Waals surface area contributed by atoms with Crippen LogP contribution < -0.4 is 26.2 Å². The molecule has 7 N–H and O–H groups in total. The summed E-state index contributed by atoms with van der Waals surface area (Å²) in [5.41, 5.74) is 11.9. The van der Waals surface area contributed by atoms with Crippen LogP contribution >= 0.6 is 0 Å². The Hall–Kier alpha value is -3.16. The molecule has 1 spiro atoms. The highest BCUT2D eigenvalue weighted by molar-refractivity contribution is 7.93. The number of nitrogens with one attached hydrogen (secondary N) is 1. The number of nitrogens with zero attached hydrogens (tertiary/aromatic N) is 3. The van der Waals surface area contributed by atoms with Crippen LogP contribution in [-0.4, -0.2) is 34.4 Å². The first-order chi connectivity index (χ1) is 15.5. The zero-order valence-corrected chi connectivity index (χ0v) is 19.3. The first-order valence-electron chi connectivity index (χ1n) is 10.3. The van der Waals surface area contributed by atoms with Crippen LogP contribution in [-0.2, 0) is 20.0 Å². The Bertz CT molecular complexity index is 1330. The van der Waals surface area contributed by atoms with Gasteiger partial charge in [-0.1, -0.05) is 18.6 Å². The number of primary sulfonamides is 1. The average molecular weight is 492 g/mol. The molecule has 1 saturated carbocycles. The molecule has 1 aliphatic carbocycles. The summed E-state index contributed by atoms with van der Waals surface area (Å²) in [6, 6.07) is 11.5. The molecule has 0 amide bonds. The number of anilines is 2. The molecule has 2 aromatic carbocycles. The summed E-state index contributed by atoms with van der Waals surface area (Å²) in [4.78, 5) is 10.2. The van der Waals surface area contributed by atoms with E-state index in [9.17, 15) is 16.8 Å². The monoisotopic (exact) mass is 491 g/mol. The van der Waals surface area contributed by atoms with Crippen molar-refractivity contribution in [3.05, 3.63) is 48.5 Å². The van der Waals surface area contributed by atoms with Gasteiger partial charge < -0.3 is 11.5 Å². The number of sulfonamides is 2. The fraction of sp³-hybridized carbons (Fsp3) is 0.300. The van der Waals surface area contributed by atoms with Gasteiger partial charge in [-0.15, -0.1) is 0 Å². The van der Waals surface area contributed by atoms with Crippen molar-refractivity contribution in [2.45, 2.75) is 47.6 Å². The van der Waals surface area contributed by atoms with E-state index in [1.54, 1.807) is 23.1 Å². The Morgan fingerprint density at radius 2 is 1.55 bits per heavy atom. The number of para-hydroxylation sites is 1. The number of aliphatic imine (C=N–C) groups is 2. The Morgan fingerprint density at radius 1 is 0.909 bits per heavy atom. The van der Waals surface area contributed by atoms with Crippen molar-refractivity contribution in [2.75, 3.05) is 9.62 Å². The van der Waals surface area contributed by atoms with E-state index in [0.29, 0.717) is 18.5 Å². The van der Waals surface area contributed by atoms with Gasteiger partial charge in [-0.05, 0) is 62.1 Å². The second-order valence-electron chi connectivity index (χ2n) is 7.96. The summed E-state index contributed by atoms with van der Waals surface area (Å²) in [5, 5.41) is 5.10. The molecule has 1 heterocycles. The summed E-state index contributed by atoms with van der Waals surface area (Å²) in [6.07, 6.45) is 4.13. The Labute approximate surface area is 192 Å². The van der Waals surface area contributed by atoms with E-state index in [-0.39, 0.29) is 27.4 Å². The molecule has 176 valence electrons. The van der Waals surface area contributed by atoms with Gasteiger partial charge in [0.05, 0.1) is 10.6 Å². The number of nitrogens with two attached hydrogens (primary N) is 3. The van der Waals surface area contributed by atoms with Gasteiger partial charge in [0.1, 0.15) is 10.6 Å². The molecule has 0 atom stereocenters. The highest BCUT2D eigenvalue weighted by Crippen LogP contribution is 2.41. The second kappa shape index (κ2) is 8.32. The van der Waals surface area contributed by atoms with Gasteiger partial charge in [-0.2, -0.15) is 4.99 Å². The zero-order chi connectivity index (χ0) is 23.9. The van der Waals surface area contributed by atoms with Crippen molar-refractivity contribution >= 4 is 43.3 Å². The standard InChI is InChI=1S/C20H25N7O4S2/c21-18-24-19(22)27(20(25-18)12-4-1-5-13-20)16-6-2-3-7-17(16)33(30,31)26-14-8-10-15(11-9-14)32(23,28)29/h2-3,6-11,26H,1,4-5,12-13H2,(H2,23,28,29)(H4,21,22,24,25). The van der Waals surface area contributed by atoms with Gasteiger partial charge in [-0.3, -0.25) is 9.62 Å². The minimum absolute atomic E-state index is 0.0284. The van der Waals surface area contributed by atoms with Crippen LogP contribution in [0.15, 0.2) is 68.3 Å². The van der Waals surface area contributed by atoms with E-state index in [0.717, 1.165) is 19.3 Å². The molecular weight excluding hydrogens is 466 g/mol. The molecule has 0 aromatic heterocycles. The van der Waals surface area contributed by atoms with Crippen molar-refractivity contribution < 1.29 is 16.8 Å². The normalized spacial score (nSPS) is 18.5. The van der Waals surface area contributed by atoms with Gasteiger partial charge in [0, 0.05) is 5.69 Å². The summed E-state index contributed by atoms with van der Waals surface area (Å²) >= 11 is 0. The summed E-state index contributed by atoms with van der Waals surface area (Å²) in [5.74, 6) is 0.142. The lowest BCUT2D eigenvalue weighted by molar-refractivity contribution is 0.305. The molecule has 0 unspecified atom stereocenters. The van der Waals surface area contributed by atoms with Crippen LogP contribution in [0.4, 0.5) is 11.4 Å². The molecule has 0 bridgehead atoms. The molecular formula is C20H25N7O4S2. The fourth-order valence-corrected chi connectivity index (χ4v) is 6.03. The van der Waals surface area contributed by atoms with E-state index in [2.05, 4.69) is 14.7 Å². The highest BCUT2D eigenvalue weighted by Gasteiger charge is 2.44. The highest BCUT2D eigenvalue weighted by atomic mass is 32.2. The van der Waals surface area contributed by atoms with E-state index >= 15 is 0 Å². The Morgan fingerprint density at radius 3 is 2.18 bits per heavy atom. The summed E-state index contributed by atoms with van der Waals surface area (Å²) in [7, 11) is -7.99. The molecule has 33 heavy (non-hydrogen) atoms. The molecule has 2 aliphatic rings. The molecule has 11 nitrogen and oxygen atoms in total. The number of hydrogen-bond acceptors (Lipinski definition) is 9. The molecule has 0 saturated heterocycles. The molecule has 13 heteroatoms. The molecule has 1 fully saturated rings. The topological polar surface area (TPSA) is 186 Å². The van der Waals surface area contributed by atoms with Crippen LogP contribution in [0, 0.1) is 0 Å². The number of hydrogen-bond donors (Lipinski definition) is 4. The molecule has 4 rings (SSSR count). The summed E-state index contributed by atoms with van der Waals surface area (Å²) < 4.78 is 52.1. The van der Waals surface area contributed by atoms with Crippen molar-refractivity contribution in [2.24, 2.45) is 26.6 Å². The third-order valence-corrected chi connectivity index (χ3v) is 8.04. The molecule has 0 radical (unpaired) electrons. The minimum atomic E-state index is -4.10. The first kappa shape index (κ1) is 23.0.